The summed E-state index contributed by atoms with van der Waals surface area (Å²) < 4.78 is 7.45. The second kappa shape index (κ2) is 8.67. The van der Waals surface area contributed by atoms with Crippen LogP contribution in [0.1, 0.15) is 37.7 Å². The van der Waals surface area contributed by atoms with E-state index < -0.39 is 0 Å². The van der Waals surface area contributed by atoms with Gasteiger partial charge in [0.25, 0.3) is 0 Å². The van der Waals surface area contributed by atoms with Gasteiger partial charge in [0.1, 0.15) is 5.82 Å². The molecule has 1 aliphatic heterocycles. The van der Waals surface area contributed by atoms with Gasteiger partial charge < -0.3 is 19.9 Å². The standard InChI is InChI=1S/C15H26N4O2/c1-2-21-11-5-8-16-15(20)17-9-7-13-12-19-10-4-3-6-14(19)18-13/h12H,2-11H2,1H3,(H2,16,17,20). The Labute approximate surface area is 126 Å². The van der Waals surface area contributed by atoms with Crippen molar-refractivity contribution >= 4 is 6.03 Å². The summed E-state index contributed by atoms with van der Waals surface area (Å²) in [6, 6.07) is -0.115. The highest BCUT2D eigenvalue weighted by Crippen LogP contribution is 2.14. The SMILES string of the molecule is CCOCCCNC(=O)NCCc1cn2c(n1)CCCC2. The molecule has 2 N–H and O–H groups in total. The Morgan fingerprint density at radius 3 is 3.05 bits per heavy atom. The van der Waals surface area contributed by atoms with Crippen LogP contribution in [0.4, 0.5) is 4.79 Å². The van der Waals surface area contributed by atoms with Crippen LogP contribution < -0.4 is 10.6 Å². The van der Waals surface area contributed by atoms with E-state index in [0.29, 0.717) is 19.7 Å². The highest BCUT2D eigenvalue weighted by molar-refractivity contribution is 5.73. The molecule has 6 heteroatoms. The number of imidazole rings is 1. The van der Waals surface area contributed by atoms with Crippen molar-refractivity contribution in [2.45, 2.75) is 45.6 Å². The predicted octanol–water partition coefficient (Wildman–Crippen LogP) is 1.49. The number of fused-ring (bicyclic) bond motifs is 1. The normalized spacial score (nSPS) is 13.8. The third-order valence-electron chi connectivity index (χ3n) is 3.58. The van der Waals surface area contributed by atoms with Crippen LogP contribution in [-0.4, -0.2) is 41.9 Å². The Balaban J connectivity index is 1.58. The minimum Gasteiger partial charge on any atom is -0.382 e. The van der Waals surface area contributed by atoms with Gasteiger partial charge in [-0.25, -0.2) is 9.78 Å². The van der Waals surface area contributed by atoms with Crippen molar-refractivity contribution in [3.05, 3.63) is 17.7 Å². The van der Waals surface area contributed by atoms with Gasteiger partial charge in [-0.1, -0.05) is 0 Å². The minimum absolute atomic E-state index is 0.115. The van der Waals surface area contributed by atoms with E-state index in [1.165, 1.54) is 18.7 Å². The lowest BCUT2D eigenvalue weighted by Crippen LogP contribution is -2.37. The van der Waals surface area contributed by atoms with E-state index in [-0.39, 0.29) is 6.03 Å². The predicted molar refractivity (Wildman–Crippen MR) is 81.4 cm³/mol. The number of carbonyl (C=O) groups is 1. The first-order valence-electron chi connectivity index (χ1n) is 7.94. The fraction of sp³-hybridized carbons (Fsp3) is 0.733. The van der Waals surface area contributed by atoms with Crippen LogP contribution in [0.15, 0.2) is 6.20 Å². The van der Waals surface area contributed by atoms with Gasteiger partial charge >= 0.3 is 6.03 Å². The lowest BCUT2D eigenvalue weighted by molar-refractivity contribution is 0.145. The zero-order valence-corrected chi connectivity index (χ0v) is 12.9. The van der Waals surface area contributed by atoms with Gasteiger partial charge in [0, 0.05) is 51.9 Å². The van der Waals surface area contributed by atoms with Crippen LogP contribution in [0.25, 0.3) is 0 Å². The van der Waals surface area contributed by atoms with Crippen molar-refractivity contribution < 1.29 is 9.53 Å². The lowest BCUT2D eigenvalue weighted by Gasteiger charge is -2.11. The van der Waals surface area contributed by atoms with Gasteiger partial charge in [-0.2, -0.15) is 0 Å². The van der Waals surface area contributed by atoms with Crippen LogP contribution in [0.3, 0.4) is 0 Å². The largest absolute Gasteiger partial charge is 0.382 e. The van der Waals surface area contributed by atoms with Gasteiger partial charge in [-0.15, -0.1) is 0 Å². The zero-order chi connectivity index (χ0) is 14.9. The summed E-state index contributed by atoms with van der Waals surface area (Å²) >= 11 is 0. The number of aryl methyl sites for hydroxylation is 2. The van der Waals surface area contributed by atoms with Gasteiger partial charge in [0.15, 0.2) is 0 Å². The first kappa shape index (κ1) is 15.8. The van der Waals surface area contributed by atoms with Crippen LogP contribution in [-0.2, 0) is 24.1 Å². The summed E-state index contributed by atoms with van der Waals surface area (Å²) in [6.45, 7) is 5.72. The molecule has 1 aromatic heterocycles. The molecule has 0 bridgehead atoms. The number of amides is 2. The van der Waals surface area contributed by atoms with Gasteiger partial charge in [-0.3, -0.25) is 0 Å². The molecule has 1 aromatic rings. The number of carbonyl (C=O) groups excluding carboxylic acids is 1. The third kappa shape index (κ3) is 5.38. The molecule has 1 aliphatic rings. The van der Waals surface area contributed by atoms with Crippen molar-refractivity contribution in [1.29, 1.82) is 0 Å². The Morgan fingerprint density at radius 1 is 1.38 bits per heavy atom. The number of aromatic nitrogens is 2. The number of nitrogens with one attached hydrogen (secondary N) is 2. The molecule has 0 atom stereocenters. The number of nitrogens with zero attached hydrogens (tertiary/aromatic N) is 2. The third-order valence-corrected chi connectivity index (χ3v) is 3.58. The quantitative estimate of drug-likeness (QED) is 0.714. The molecule has 118 valence electrons. The topological polar surface area (TPSA) is 68.2 Å². The van der Waals surface area contributed by atoms with Gasteiger partial charge in [0.05, 0.1) is 5.69 Å². The summed E-state index contributed by atoms with van der Waals surface area (Å²) in [7, 11) is 0. The maximum atomic E-state index is 11.6. The summed E-state index contributed by atoms with van der Waals surface area (Å²) in [4.78, 5) is 16.2. The Kier molecular flexibility index (Phi) is 6.53. The van der Waals surface area contributed by atoms with E-state index in [1.807, 2.05) is 6.92 Å². The van der Waals surface area contributed by atoms with Gasteiger partial charge in [-0.05, 0) is 26.2 Å². The molecular weight excluding hydrogens is 268 g/mol. The van der Waals surface area contributed by atoms with Crippen LogP contribution >= 0.6 is 0 Å². The van der Waals surface area contributed by atoms with Crippen molar-refractivity contribution in [3.8, 4) is 0 Å². The maximum Gasteiger partial charge on any atom is 0.314 e. The van der Waals surface area contributed by atoms with Crippen molar-refractivity contribution in [2.75, 3.05) is 26.3 Å². The summed E-state index contributed by atoms with van der Waals surface area (Å²) in [5, 5.41) is 5.68. The number of ether oxygens (including phenoxy) is 1. The fourth-order valence-electron chi connectivity index (χ4n) is 2.48. The average Bonchev–Trinajstić information content (AvgIpc) is 2.89. The van der Waals surface area contributed by atoms with Crippen molar-refractivity contribution in [3.63, 3.8) is 0 Å². The number of rotatable bonds is 8. The maximum absolute atomic E-state index is 11.6. The molecule has 0 aliphatic carbocycles. The number of urea groups is 1. The summed E-state index contributed by atoms with van der Waals surface area (Å²) in [5.74, 6) is 1.19. The number of hydrogen-bond acceptors (Lipinski definition) is 3. The molecule has 2 rings (SSSR count). The molecular formula is C15H26N4O2. The minimum atomic E-state index is -0.115. The average molecular weight is 294 g/mol. The lowest BCUT2D eigenvalue weighted by atomic mass is 10.2. The van der Waals surface area contributed by atoms with Gasteiger partial charge in [0.2, 0.25) is 0 Å². The zero-order valence-electron chi connectivity index (χ0n) is 12.9. The molecule has 2 heterocycles. The molecule has 0 aromatic carbocycles. The van der Waals surface area contributed by atoms with E-state index in [4.69, 9.17) is 4.74 Å². The molecule has 21 heavy (non-hydrogen) atoms. The highest BCUT2D eigenvalue weighted by atomic mass is 16.5. The van der Waals surface area contributed by atoms with E-state index in [2.05, 4.69) is 26.4 Å². The molecule has 2 amide bonds. The second-order valence-electron chi connectivity index (χ2n) is 5.28. The Bertz CT molecular complexity index is 421. The highest BCUT2D eigenvalue weighted by Gasteiger charge is 2.11. The first-order chi connectivity index (χ1) is 10.3. The monoisotopic (exact) mass is 294 g/mol. The fourth-order valence-corrected chi connectivity index (χ4v) is 2.48. The van der Waals surface area contributed by atoms with Crippen LogP contribution in [0.5, 0.6) is 0 Å². The molecule has 0 fully saturated rings. The molecule has 0 saturated carbocycles. The van der Waals surface area contributed by atoms with E-state index in [0.717, 1.165) is 38.1 Å². The molecule has 6 nitrogen and oxygen atoms in total. The summed E-state index contributed by atoms with van der Waals surface area (Å²) in [6.07, 6.45) is 7.30. The molecule has 0 unspecified atom stereocenters. The number of hydrogen-bond donors (Lipinski definition) is 2. The van der Waals surface area contributed by atoms with Crippen molar-refractivity contribution in [1.82, 2.24) is 20.2 Å². The Hall–Kier alpha value is -1.56. The molecule has 0 spiro atoms. The first-order valence-corrected chi connectivity index (χ1v) is 7.94. The van der Waals surface area contributed by atoms with E-state index in [9.17, 15) is 4.79 Å². The molecule has 0 radical (unpaired) electrons. The second-order valence-corrected chi connectivity index (χ2v) is 5.28. The summed E-state index contributed by atoms with van der Waals surface area (Å²) in [5.41, 5.74) is 1.07. The van der Waals surface area contributed by atoms with E-state index >= 15 is 0 Å². The Morgan fingerprint density at radius 2 is 2.24 bits per heavy atom. The van der Waals surface area contributed by atoms with Crippen molar-refractivity contribution in [2.24, 2.45) is 0 Å². The molecule has 0 saturated heterocycles. The van der Waals surface area contributed by atoms with Crippen LogP contribution in [0, 0.1) is 0 Å². The van der Waals surface area contributed by atoms with E-state index in [1.54, 1.807) is 0 Å². The smallest absolute Gasteiger partial charge is 0.314 e. The van der Waals surface area contributed by atoms with Crippen LogP contribution in [0.2, 0.25) is 0 Å².